The van der Waals surface area contributed by atoms with Gasteiger partial charge in [-0.15, -0.1) is 0 Å². The van der Waals surface area contributed by atoms with Gasteiger partial charge in [-0.25, -0.2) is 0 Å². The van der Waals surface area contributed by atoms with Gasteiger partial charge in [0, 0.05) is 10.5 Å². The number of oxime groups is 1. The number of thioether (sulfide) groups is 1. The third kappa shape index (κ3) is 2.67. The van der Waals surface area contributed by atoms with Crippen molar-refractivity contribution in [3.8, 4) is 6.07 Å². The molecule has 0 aromatic heterocycles. The molecule has 0 atom stereocenters. The monoisotopic (exact) mass is 304 g/mol. The lowest BCUT2D eigenvalue weighted by Crippen LogP contribution is -1.95. The Hall–Kier alpha value is -2.77. The Morgan fingerprint density at radius 1 is 1.00 bits per heavy atom. The van der Waals surface area contributed by atoms with Crippen LogP contribution in [0.4, 0.5) is 0 Å². The largest absolute Gasteiger partial charge is 0.410 e. The molecule has 0 radical (unpaired) electrons. The smallest absolute Gasteiger partial charge is 0.149 e. The summed E-state index contributed by atoms with van der Waals surface area (Å²) in [5.74, 6) is 0. The summed E-state index contributed by atoms with van der Waals surface area (Å²) in [5.41, 5.74) is 3.01. The van der Waals surface area contributed by atoms with E-state index < -0.39 is 0 Å². The van der Waals surface area contributed by atoms with E-state index in [1.807, 2.05) is 66.7 Å². The Morgan fingerprint density at radius 3 is 2.23 bits per heavy atom. The molecule has 1 aliphatic rings. The van der Waals surface area contributed by atoms with Crippen LogP contribution in [0.25, 0.3) is 10.5 Å². The Kier molecular flexibility index (Phi) is 4.08. The first-order valence-corrected chi connectivity index (χ1v) is 7.52. The maximum atomic E-state index is 9.53. The molecule has 0 amide bonds. The fourth-order valence-electron chi connectivity index (χ4n) is 2.26. The third-order valence-electron chi connectivity index (χ3n) is 3.31. The summed E-state index contributed by atoms with van der Waals surface area (Å²) in [6, 6.07) is 21.5. The fraction of sp³-hybridized carbons (Fsp3) is 0. The molecule has 106 valence electrons. The zero-order chi connectivity index (χ0) is 15.4. The first kappa shape index (κ1) is 14.2. The summed E-state index contributed by atoms with van der Waals surface area (Å²) >= 11 is 1.36. The van der Waals surface area contributed by atoms with Crippen molar-refractivity contribution < 1.29 is 5.21 Å². The van der Waals surface area contributed by atoms with Gasteiger partial charge in [0.1, 0.15) is 11.1 Å². The van der Waals surface area contributed by atoms with Crippen LogP contribution in [0.5, 0.6) is 0 Å². The normalized spacial score (nSPS) is 18.0. The van der Waals surface area contributed by atoms with E-state index in [0.717, 1.165) is 16.0 Å². The quantitative estimate of drug-likeness (QED) is 0.503. The van der Waals surface area contributed by atoms with E-state index in [4.69, 9.17) is 0 Å². The summed E-state index contributed by atoms with van der Waals surface area (Å²) in [6.07, 6.45) is 1.90. The van der Waals surface area contributed by atoms with Crippen LogP contribution in [0.2, 0.25) is 0 Å². The van der Waals surface area contributed by atoms with Gasteiger partial charge in [-0.1, -0.05) is 77.6 Å². The van der Waals surface area contributed by atoms with Crippen LogP contribution in [0.15, 0.2) is 77.5 Å². The Morgan fingerprint density at radius 2 is 1.64 bits per heavy atom. The molecule has 3 rings (SSSR count). The first-order valence-electron chi connectivity index (χ1n) is 6.70. The average molecular weight is 304 g/mol. The van der Waals surface area contributed by atoms with Gasteiger partial charge in [0.05, 0.1) is 5.57 Å². The van der Waals surface area contributed by atoms with Crippen LogP contribution in [0.3, 0.4) is 0 Å². The standard InChI is InChI=1S/C18H12N2OS/c19-12-16(13-7-3-1-4-8-13)15-11-17(22-18(15)20-21)14-9-5-2-6-10-14/h1-11,21H/b16-15+,20-18-. The molecule has 2 aromatic carbocycles. The summed E-state index contributed by atoms with van der Waals surface area (Å²) in [4.78, 5) is 0.965. The van der Waals surface area contributed by atoms with Crippen LogP contribution < -0.4 is 0 Å². The van der Waals surface area contributed by atoms with Crippen LogP contribution in [0, 0.1) is 11.3 Å². The van der Waals surface area contributed by atoms with E-state index in [-0.39, 0.29) is 0 Å². The maximum Gasteiger partial charge on any atom is 0.149 e. The first-order chi connectivity index (χ1) is 10.8. The second-order valence-corrected chi connectivity index (χ2v) is 5.68. The van der Waals surface area contributed by atoms with Crippen LogP contribution in [-0.4, -0.2) is 10.3 Å². The van der Waals surface area contributed by atoms with E-state index in [9.17, 15) is 10.5 Å². The van der Waals surface area contributed by atoms with Crippen molar-refractivity contribution in [1.82, 2.24) is 0 Å². The van der Waals surface area contributed by atoms with Gasteiger partial charge in [0.15, 0.2) is 0 Å². The third-order valence-corrected chi connectivity index (χ3v) is 4.37. The lowest BCUT2D eigenvalue weighted by Gasteiger charge is -2.02. The summed E-state index contributed by atoms with van der Waals surface area (Å²) < 4.78 is 0. The van der Waals surface area contributed by atoms with E-state index in [1.165, 1.54) is 11.8 Å². The minimum Gasteiger partial charge on any atom is -0.410 e. The van der Waals surface area contributed by atoms with E-state index in [1.54, 1.807) is 0 Å². The SMILES string of the molecule is N#C/C(=C1/C=C(c2ccccc2)S/C1=N\O)c1ccccc1. The zero-order valence-electron chi connectivity index (χ0n) is 11.6. The molecular formula is C18H12N2OS. The second-order valence-electron chi connectivity index (χ2n) is 4.65. The van der Waals surface area contributed by atoms with Crippen molar-refractivity contribution in [3.05, 3.63) is 83.4 Å². The topological polar surface area (TPSA) is 56.4 Å². The number of rotatable bonds is 2. The van der Waals surface area contributed by atoms with Gasteiger partial charge in [0.2, 0.25) is 0 Å². The van der Waals surface area contributed by atoms with Gasteiger partial charge in [-0.2, -0.15) is 5.26 Å². The zero-order valence-corrected chi connectivity index (χ0v) is 12.4. The highest BCUT2D eigenvalue weighted by atomic mass is 32.2. The number of nitrogens with zero attached hydrogens (tertiary/aromatic N) is 2. The summed E-state index contributed by atoms with van der Waals surface area (Å²) in [5, 5.41) is 22.6. The predicted octanol–water partition coefficient (Wildman–Crippen LogP) is 4.54. The number of allylic oxidation sites excluding steroid dienone is 2. The molecule has 1 aliphatic heterocycles. The highest BCUT2D eigenvalue weighted by Gasteiger charge is 2.23. The summed E-state index contributed by atoms with van der Waals surface area (Å²) in [6.45, 7) is 0. The van der Waals surface area contributed by atoms with Gasteiger partial charge >= 0.3 is 0 Å². The van der Waals surface area contributed by atoms with Crippen molar-refractivity contribution in [2.45, 2.75) is 0 Å². The Labute approximate surface area is 132 Å². The van der Waals surface area contributed by atoms with E-state index >= 15 is 0 Å². The van der Waals surface area contributed by atoms with Crippen molar-refractivity contribution in [3.63, 3.8) is 0 Å². The molecule has 0 saturated carbocycles. The molecule has 2 aromatic rings. The van der Waals surface area contributed by atoms with Gasteiger partial charge < -0.3 is 5.21 Å². The van der Waals surface area contributed by atoms with Gasteiger partial charge in [-0.05, 0) is 17.2 Å². The second kappa shape index (κ2) is 6.33. The molecule has 0 aliphatic carbocycles. The Bertz CT molecular complexity index is 815. The molecule has 0 unspecified atom stereocenters. The molecule has 0 saturated heterocycles. The molecular weight excluding hydrogens is 292 g/mol. The molecule has 4 heteroatoms. The highest BCUT2D eigenvalue weighted by Crippen LogP contribution is 2.41. The fourth-order valence-corrected chi connectivity index (χ4v) is 3.22. The molecule has 1 N–H and O–H groups in total. The number of hydrogen-bond donors (Lipinski definition) is 1. The number of nitriles is 1. The minimum absolute atomic E-state index is 0.444. The molecule has 0 spiro atoms. The molecule has 0 fully saturated rings. The van der Waals surface area contributed by atoms with E-state index in [0.29, 0.717) is 16.2 Å². The predicted molar refractivity (Wildman–Crippen MR) is 90.2 cm³/mol. The minimum atomic E-state index is 0.444. The van der Waals surface area contributed by atoms with Crippen molar-refractivity contribution in [1.29, 1.82) is 5.26 Å². The summed E-state index contributed by atoms with van der Waals surface area (Å²) in [7, 11) is 0. The van der Waals surface area contributed by atoms with E-state index in [2.05, 4.69) is 11.2 Å². The van der Waals surface area contributed by atoms with Crippen LogP contribution >= 0.6 is 11.8 Å². The van der Waals surface area contributed by atoms with Gasteiger partial charge in [-0.3, -0.25) is 0 Å². The van der Waals surface area contributed by atoms with Crippen LogP contribution in [0.1, 0.15) is 11.1 Å². The van der Waals surface area contributed by atoms with Gasteiger partial charge in [0.25, 0.3) is 0 Å². The molecule has 0 bridgehead atoms. The van der Waals surface area contributed by atoms with Crippen LogP contribution in [-0.2, 0) is 0 Å². The average Bonchev–Trinajstić information content (AvgIpc) is 3.01. The maximum absolute atomic E-state index is 9.53. The highest BCUT2D eigenvalue weighted by molar-refractivity contribution is 8.22. The lowest BCUT2D eigenvalue weighted by atomic mass is 10.0. The molecule has 3 nitrogen and oxygen atoms in total. The molecule has 22 heavy (non-hydrogen) atoms. The van der Waals surface area contributed by atoms with Crippen molar-refractivity contribution in [2.75, 3.05) is 0 Å². The lowest BCUT2D eigenvalue weighted by molar-refractivity contribution is 0.321. The van der Waals surface area contributed by atoms with Crippen molar-refractivity contribution in [2.24, 2.45) is 5.16 Å². The number of benzene rings is 2. The number of hydrogen-bond acceptors (Lipinski definition) is 4. The Balaban J connectivity index is 2.14. The van der Waals surface area contributed by atoms with Crippen molar-refractivity contribution >= 4 is 27.3 Å². The molecule has 1 heterocycles.